The first-order valence-electron chi connectivity index (χ1n) is 8.39. The first kappa shape index (κ1) is 16.9. The number of hydrogen-bond donors (Lipinski definition) is 0. The van der Waals surface area contributed by atoms with Gasteiger partial charge in [-0.15, -0.1) is 5.10 Å². The maximum Gasteiger partial charge on any atom is 0.208 e. The summed E-state index contributed by atoms with van der Waals surface area (Å²) in [5.41, 5.74) is 0. The molecular weight excluding hydrogens is 306 g/mol. The second-order valence-corrected chi connectivity index (χ2v) is 6.50. The summed E-state index contributed by atoms with van der Waals surface area (Å²) in [4.78, 5) is 8.79. The first-order valence-corrected chi connectivity index (χ1v) is 8.39. The fourth-order valence-corrected chi connectivity index (χ4v) is 2.79. The third-order valence-corrected chi connectivity index (χ3v) is 4.15. The van der Waals surface area contributed by atoms with Gasteiger partial charge < -0.3 is 14.1 Å². The quantitative estimate of drug-likeness (QED) is 0.801. The van der Waals surface area contributed by atoms with Crippen molar-refractivity contribution >= 4 is 5.82 Å². The highest BCUT2D eigenvalue weighted by atomic mass is 16.5. The fraction of sp³-hybridized carbons (Fsp3) is 0.588. The summed E-state index contributed by atoms with van der Waals surface area (Å²) < 4.78 is 11.7. The zero-order valence-electron chi connectivity index (χ0n) is 14.6. The highest BCUT2D eigenvalue weighted by Gasteiger charge is 2.23. The van der Waals surface area contributed by atoms with Gasteiger partial charge in [-0.3, -0.25) is 4.90 Å². The molecule has 24 heavy (non-hydrogen) atoms. The molecule has 0 unspecified atom stereocenters. The Balaban J connectivity index is 1.54. The van der Waals surface area contributed by atoms with Crippen LogP contribution in [0.2, 0.25) is 0 Å². The summed E-state index contributed by atoms with van der Waals surface area (Å²) in [5, 5.41) is 8.05. The summed E-state index contributed by atoms with van der Waals surface area (Å²) >= 11 is 0. The molecule has 130 valence electrons. The van der Waals surface area contributed by atoms with E-state index in [9.17, 15) is 0 Å². The predicted octanol–water partition coefficient (Wildman–Crippen LogP) is 1.93. The highest BCUT2D eigenvalue weighted by Crippen LogP contribution is 2.17. The molecule has 1 fully saturated rings. The Morgan fingerprint density at radius 3 is 3.00 bits per heavy atom. The Morgan fingerprint density at radius 1 is 1.42 bits per heavy atom. The van der Waals surface area contributed by atoms with E-state index in [1.54, 1.807) is 6.20 Å². The van der Waals surface area contributed by atoms with Gasteiger partial charge in [0, 0.05) is 38.8 Å². The van der Waals surface area contributed by atoms with Gasteiger partial charge >= 0.3 is 0 Å². The normalized spacial score (nSPS) is 18.9. The number of aromatic nitrogens is 3. The topological polar surface area (TPSA) is 67.5 Å². The minimum atomic E-state index is 0.130. The smallest absolute Gasteiger partial charge is 0.208 e. The lowest BCUT2D eigenvalue weighted by Gasteiger charge is -2.34. The molecule has 0 amide bonds. The van der Waals surface area contributed by atoms with Gasteiger partial charge in [0.05, 0.1) is 25.5 Å². The molecule has 2 aromatic rings. The van der Waals surface area contributed by atoms with Gasteiger partial charge in [-0.25, -0.2) is 4.98 Å². The molecule has 0 saturated carbocycles. The van der Waals surface area contributed by atoms with Gasteiger partial charge in [0.25, 0.3) is 0 Å². The standard InChI is InChI=1S/C17H25N5O2/c1-13(2)15-9-18-17(24-15)12-22-7-8-23-14(11-22)10-21(3)16-5-4-6-19-20-16/h4-6,9,13-14H,7-8,10-12H2,1-3H3/t14-/m0/s1. The van der Waals surface area contributed by atoms with E-state index in [1.807, 2.05) is 25.4 Å². The maximum absolute atomic E-state index is 5.90. The van der Waals surface area contributed by atoms with Crippen LogP contribution >= 0.6 is 0 Å². The summed E-state index contributed by atoms with van der Waals surface area (Å²) in [7, 11) is 2.01. The van der Waals surface area contributed by atoms with Gasteiger partial charge in [0.1, 0.15) is 5.76 Å². The van der Waals surface area contributed by atoms with Crippen molar-refractivity contribution in [1.29, 1.82) is 0 Å². The number of rotatable bonds is 6. The van der Waals surface area contributed by atoms with Crippen LogP contribution in [0.25, 0.3) is 0 Å². The molecule has 1 aliphatic heterocycles. The van der Waals surface area contributed by atoms with Crippen LogP contribution in [0, 0.1) is 0 Å². The molecule has 7 nitrogen and oxygen atoms in total. The molecule has 1 atom stereocenters. The zero-order chi connectivity index (χ0) is 16.9. The molecule has 0 aromatic carbocycles. The monoisotopic (exact) mass is 331 g/mol. The van der Waals surface area contributed by atoms with Gasteiger partial charge in [-0.2, -0.15) is 5.10 Å². The minimum Gasteiger partial charge on any atom is -0.444 e. The van der Waals surface area contributed by atoms with Crippen LogP contribution in [0.1, 0.15) is 31.4 Å². The van der Waals surface area contributed by atoms with Crippen molar-refractivity contribution in [2.45, 2.75) is 32.4 Å². The average Bonchev–Trinajstić information content (AvgIpc) is 3.05. The van der Waals surface area contributed by atoms with Crippen molar-refractivity contribution in [3.8, 4) is 0 Å². The summed E-state index contributed by atoms with van der Waals surface area (Å²) in [6.45, 7) is 8.18. The van der Waals surface area contributed by atoms with Crippen molar-refractivity contribution < 1.29 is 9.15 Å². The molecule has 0 spiro atoms. The number of oxazole rings is 1. The Hall–Kier alpha value is -1.99. The zero-order valence-corrected chi connectivity index (χ0v) is 14.6. The number of nitrogens with zero attached hydrogens (tertiary/aromatic N) is 5. The Kier molecular flexibility index (Phi) is 5.42. The van der Waals surface area contributed by atoms with E-state index in [-0.39, 0.29) is 6.10 Å². The highest BCUT2D eigenvalue weighted by molar-refractivity contribution is 5.35. The third-order valence-electron chi connectivity index (χ3n) is 4.15. The molecule has 0 aliphatic carbocycles. The van der Waals surface area contributed by atoms with Crippen molar-refractivity contribution in [2.75, 3.05) is 38.2 Å². The molecule has 1 saturated heterocycles. The lowest BCUT2D eigenvalue weighted by atomic mass is 10.2. The SMILES string of the molecule is CC(C)c1cnc(CN2CCO[C@@H](CN(C)c3cccnn3)C2)o1. The van der Waals surface area contributed by atoms with E-state index in [1.165, 1.54) is 0 Å². The van der Waals surface area contributed by atoms with E-state index in [0.29, 0.717) is 5.92 Å². The molecule has 3 rings (SSSR count). The maximum atomic E-state index is 5.90. The van der Waals surface area contributed by atoms with E-state index in [2.05, 4.69) is 38.8 Å². The Bertz CT molecular complexity index is 631. The second kappa shape index (κ2) is 7.72. The number of anilines is 1. The number of ether oxygens (including phenoxy) is 1. The van der Waals surface area contributed by atoms with Crippen molar-refractivity contribution in [1.82, 2.24) is 20.1 Å². The van der Waals surface area contributed by atoms with Gasteiger partial charge in [0.2, 0.25) is 5.89 Å². The van der Waals surface area contributed by atoms with Gasteiger partial charge in [-0.1, -0.05) is 13.8 Å². The number of morpholine rings is 1. The molecule has 2 aromatic heterocycles. The number of likely N-dealkylation sites (N-methyl/N-ethyl adjacent to an activating group) is 1. The molecule has 0 N–H and O–H groups in total. The van der Waals surface area contributed by atoms with Gasteiger partial charge in [-0.05, 0) is 12.1 Å². The summed E-state index contributed by atoms with van der Waals surface area (Å²) in [6.07, 6.45) is 3.64. The largest absolute Gasteiger partial charge is 0.444 e. The number of hydrogen-bond acceptors (Lipinski definition) is 7. The van der Waals surface area contributed by atoms with Crippen LogP contribution in [0.15, 0.2) is 28.9 Å². The van der Waals surface area contributed by atoms with Crippen LogP contribution in [-0.2, 0) is 11.3 Å². The first-order chi connectivity index (χ1) is 11.6. The third kappa shape index (κ3) is 4.30. The molecule has 0 radical (unpaired) electrons. The molecular formula is C17H25N5O2. The van der Waals surface area contributed by atoms with Crippen LogP contribution < -0.4 is 4.90 Å². The average molecular weight is 331 g/mol. The lowest BCUT2D eigenvalue weighted by Crippen LogP contribution is -2.46. The second-order valence-electron chi connectivity index (χ2n) is 6.50. The van der Waals surface area contributed by atoms with Crippen molar-refractivity contribution in [3.63, 3.8) is 0 Å². The molecule has 1 aliphatic rings. The summed E-state index contributed by atoms with van der Waals surface area (Å²) in [6, 6.07) is 3.84. The van der Waals surface area contributed by atoms with E-state index in [0.717, 1.165) is 50.3 Å². The Labute approximate surface area is 142 Å². The van der Waals surface area contributed by atoms with E-state index in [4.69, 9.17) is 9.15 Å². The van der Waals surface area contributed by atoms with Crippen LogP contribution in [0.5, 0.6) is 0 Å². The predicted molar refractivity (Wildman–Crippen MR) is 90.9 cm³/mol. The molecule has 3 heterocycles. The van der Waals surface area contributed by atoms with Crippen LogP contribution in [0.3, 0.4) is 0 Å². The molecule has 0 bridgehead atoms. The lowest BCUT2D eigenvalue weighted by molar-refractivity contribution is -0.0288. The minimum absolute atomic E-state index is 0.130. The van der Waals surface area contributed by atoms with Crippen molar-refractivity contribution in [3.05, 3.63) is 36.2 Å². The summed E-state index contributed by atoms with van der Waals surface area (Å²) in [5.74, 6) is 2.94. The fourth-order valence-electron chi connectivity index (χ4n) is 2.79. The van der Waals surface area contributed by atoms with Crippen molar-refractivity contribution in [2.24, 2.45) is 0 Å². The van der Waals surface area contributed by atoms with E-state index >= 15 is 0 Å². The van der Waals surface area contributed by atoms with Gasteiger partial charge in [0.15, 0.2) is 5.82 Å². The van der Waals surface area contributed by atoms with E-state index < -0.39 is 0 Å². The van der Waals surface area contributed by atoms with Crippen LogP contribution in [0.4, 0.5) is 5.82 Å². The molecule has 7 heteroatoms. The Morgan fingerprint density at radius 2 is 2.29 bits per heavy atom. The van der Waals surface area contributed by atoms with Crippen LogP contribution in [-0.4, -0.2) is 59.5 Å².